The van der Waals surface area contributed by atoms with E-state index in [9.17, 15) is 28.8 Å². The highest BCUT2D eigenvalue weighted by atomic mass is 16.4. The van der Waals surface area contributed by atoms with Crippen molar-refractivity contribution < 1.29 is 49.2 Å². The van der Waals surface area contributed by atoms with Gasteiger partial charge in [-0.1, -0.05) is 0 Å². The molecule has 16 heteroatoms. The van der Waals surface area contributed by atoms with Gasteiger partial charge in [-0.25, -0.2) is 0 Å². The minimum absolute atomic E-state index is 0.269. The Labute approximate surface area is 183 Å². The molecule has 32 heavy (non-hydrogen) atoms. The molecule has 16 nitrogen and oxygen atoms in total. The Balaban J connectivity index is -0.000000354. The fraction of sp³-hybridized carbons (Fsp3) is 0.625. The maximum Gasteiger partial charge on any atom is 0.321 e. The Kier molecular flexibility index (Phi) is 19.2. The van der Waals surface area contributed by atoms with Crippen LogP contribution in [0.2, 0.25) is 0 Å². The van der Waals surface area contributed by atoms with Gasteiger partial charge in [0.15, 0.2) is 0 Å². The third-order valence-electron chi connectivity index (χ3n) is 3.22. The Morgan fingerprint density at radius 2 is 1.16 bits per heavy atom. The summed E-state index contributed by atoms with van der Waals surface area (Å²) in [5, 5.41) is 35.3. The molecule has 0 spiro atoms. The predicted octanol–water partition coefficient (Wildman–Crippen LogP) is -4.21. The number of hydrogen-bond acceptors (Lipinski definition) is 10. The fourth-order valence-electron chi connectivity index (χ4n) is 1.50. The molecule has 0 aromatic carbocycles. The maximum atomic E-state index is 10.1. The second-order valence-corrected chi connectivity index (χ2v) is 6.34. The zero-order valence-corrected chi connectivity index (χ0v) is 17.5. The number of carbonyl (C=O) groups is 6. The zero-order chi connectivity index (χ0) is 26.0. The summed E-state index contributed by atoms with van der Waals surface area (Å²) < 4.78 is 0. The number of carbonyl (C=O) groups excluding carboxylic acids is 2. The van der Waals surface area contributed by atoms with E-state index in [1.807, 2.05) is 0 Å². The van der Waals surface area contributed by atoms with Crippen molar-refractivity contribution >= 4 is 35.7 Å². The lowest BCUT2D eigenvalue weighted by molar-refractivity contribution is -0.140. The third kappa shape index (κ3) is 22.9. The van der Waals surface area contributed by atoms with Crippen molar-refractivity contribution in [2.75, 3.05) is 6.54 Å². The molecular formula is C16H32N6O10. The van der Waals surface area contributed by atoms with Gasteiger partial charge in [-0.3, -0.25) is 28.8 Å². The summed E-state index contributed by atoms with van der Waals surface area (Å²) in [4.78, 5) is 59.5. The van der Waals surface area contributed by atoms with E-state index in [-0.39, 0.29) is 18.9 Å². The number of nitrogens with two attached hydrogens (primary N) is 5. The lowest BCUT2D eigenvalue weighted by atomic mass is 10.2. The van der Waals surface area contributed by atoms with Crippen molar-refractivity contribution in [1.29, 1.82) is 0 Å². The molecule has 0 aliphatic carbocycles. The van der Waals surface area contributed by atoms with Crippen molar-refractivity contribution in [3.05, 3.63) is 0 Å². The van der Waals surface area contributed by atoms with Gasteiger partial charge in [-0.2, -0.15) is 0 Å². The number of rotatable bonds is 8. The quantitative estimate of drug-likeness (QED) is 0.161. The Morgan fingerprint density at radius 3 is 1.25 bits per heavy atom. The summed E-state index contributed by atoms with van der Waals surface area (Å²) >= 11 is 0. The smallest absolute Gasteiger partial charge is 0.321 e. The Morgan fingerprint density at radius 1 is 0.812 bits per heavy atom. The molecule has 0 bridgehead atoms. The van der Waals surface area contributed by atoms with E-state index in [1.54, 1.807) is 0 Å². The molecule has 1 heterocycles. The van der Waals surface area contributed by atoms with E-state index in [2.05, 4.69) is 16.8 Å². The first-order valence-corrected chi connectivity index (χ1v) is 9.00. The monoisotopic (exact) mass is 468 g/mol. The lowest BCUT2D eigenvalue weighted by Gasteiger charge is -1.99. The molecule has 15 N–H and O–H groups in total. The van der Waals surface area contributed by atoms with Crippen molar-refractivity contribution in [3.8, 4) is 0 Å². The molecule has 0 aromatic heterocycles. The summed E-state index contributed by atoms with van der Waals surface area (Å²) in [6, 6.07) is -3.33. The van der Waals surface area contributed by atoms with Crippen LogP contribution in [-0.2, 0) is 28.8 Å². The van der Waals surface area contributed by atoms with Crippen LogP contribution < -0.4 is 34.0 Å². The molecule has 0 aromatic rings. The molecule has 0 unspecified atom stereocenters. The van der Waals surface area contributed by atoms with Crippen molar-refractivity contribution in [1.82, 2.24) is 5.32 Å². The van der Waals surface area contributed by atoms with Crippen LogP contribution in [0.25, 0.3) is 0 Å². The summed E-state index contributed by atoms with van der Waals surface area (Å²) in [7, 11) is 0. The number of aliphatic carboxylic acids is 4. The highest BCUT2D eigenvalue weighted by Crippen LogP contribution is 2.03. The number of nitrogens with one attached hydrogen (secondary N) is 1. The molecule has 1 aliphatic heterocycles. The van der Waals surface area contributed by atoms with Gasteiger partial charge in [0.1, 0.15) is 24.2 Å². The average molecular weight is 468 g/mol. The Bertz CT molecular complexity index is 605. The van der Waals surface area contributed by atoms with Gasteiger partial charge < -0.3 is 54.4 Å². The largest absolute Gasteiger partial charge is 0.480 e. The van der Waals surface area contributed by atoms with Crippen LogP contribution in [0.1, 0.15) is 32.6 Å². The van der Waals surface area contributed by atoms with E-state index in [0.717, 1.165) is 19.4 Å². The van der Waals surface area contributed by atoms with Gasteiger partial charge in [0, 0.05) is 0 Å². The SMILES string of the molecule is C[C@H](N)C(=O)O.NC(=O)C[C@H](N)C(=O)O.NC(=O)C[C@H](N)C(=O)O.O=C(O)[C@@H]1CCCN1. The molecule has 0 saturated carbocycles. The first kappa shape index (κ1) is 33.3. The topological polar surface area (TPSA) is 325 Å². The molecule has 0 radical (unpaired) electrons. The van der Waals surface area contributed by atoms with Crippen LogP contribution in [-0.4, -0.2) is 86.8 Å². The number of carboxylic acid groups (broad SMARTS) is 4. The van der Waals surface area contributed by atoms with Crippen molar-refractivity contribution in [3.63, 3.8) is 0 Å². The standard InChI is InChI=1S/C5H9NO2.2C4H8N2O3.C3H7NO2/c7-5(8)4-2-1-3-6-4;2*5-2(4(8)9)1-3(6)7;1-2(4)3(5)6/h4,6H,1-3H2,(H,7,8);2*2H,1,5H2,(H2,6,7)(H,8,9);2H,4H2,1H3,(H,5,6)/t4-;3*2-/m0000/s1. The van der Waals surface area contributed by atoms with Crippen LogP contribution >= 0.6 is 0 Å². The second kappa shape index (κ2) is 18.4. The molecular weight excluding hydrogens is 436 g/mol. The lowest BCUT2D eigenvalue weighted by Crippen LogP contribution is -2.34. The third-order valence-corrected chi connectivity index (χ3v) is 3.22. The number of primary amides is 2. The summed E-state index contributed by atoms with van der Waals surface area (Å²) in [5.41, 5.74) is 24.0. The van der Waals surface area contributed by atoms with Crippen LogP contribution in [0.5, 0.6) is 0 Å². The van der Waals surface area contributed by atoms with Gasteiger partial charge >= 0.3 is 23.9 Å². The highest BCUT2D eigenvalue weighted by Gasteiger charge is 2.20. The van der Waals surface area contributed by atoms with Gasteiger partial charge in [0.25, 0.3) is 0 Å². The first-order chi connectivity index (χ1) is 14.5. The molecule has 2 amide bonds. The maximum absolute atomic E-state index is 10.1. The molecule has 1 fully saturated rings. The van der Waals surface area contributed by atoms with E-state index in [1.165, 1.54) is 6.92 Å². The highest BCUT2D eigenvalue weighted by molar-refractivity contribution is 5.83. The van der Waals surface area contributed by atoms with Crippen molar-refractivity contribution in [2.45, 2.75) is 56.8 Å². The second-order valence-electron chi connectivity index (χ2n) is 6.34. The van der Waals surface area contributed by atoms with E-state index < -0.39 is 53.8 Å². The van der Waals surface area contributed by atoms with Crippen molar-refractivity contribution in [2.24, 2.45) is 28.7 Å². The van der Waals surface area contributed by atoms with Gasteiger partial charge in [-0.15, -0.1) is 0 Å². The minimum atomic E-state index is -1.21. The molecule has 4 atom stereocenters. The average Bonchev–Trinajstić information content (AvgIpc) is 3.17. The van der Waals surface area contributed by atoms with Crippen LogP contribution in [0.3, 0.4) is 0 Å². The Hall–Kier alpha value is -3.34. The van der Waals surface area contributed by atoms with Gasteiger partial charge in [-0.05, 0) is 26.3 Å². The first-order valence-electron chi connectivity index (χ1n) is 9.00. The molecule has 1 rings (SSSR count). The molecule has 1 saturated heterocycles. The molecule has 186 valence electrons. The number of carboxylic acids is 4. The van der Waals surface area contributed by atoms with Gasteiger partial charge in [0.05, 0.1) is 12.8 Å². The summed E-state index contributed by atoms with van der Waals surface area (Å²) in [6.45, 7) is 2.28. The number of amides is 2. The fourth-order valence-corrected chi connectivity index (χ4v) is 1.50. The minimum Gasteiger partial charge on any atom is -0.480 e. The normalized spacial score (nSPS) is 16.7. The summed E-state index contributed by atoms with van der Waals surface area (Å²) in [5.74, 6) is -5.52. The van der Waals surface area contributed by atoms with E-state index in [0.29, 0.717) is 0 Å². The van der Waals surface area contributed by atoms with Gasteiger partial charge in [0.2, 0.25) is 11.8 Å². The molecule has 1 aliphatic rings. The zero-order valence-electron chi connectivity index (χ0n) is 17.5. The van der Waals surface area contributed by atoms with Crippen LogP contribution in [0.4, 0.5) is 0 Å². The summed E-state index contributed by atoms with van der Waals surface area (Å²) in [6.07, 6.45) is 1.16. The predicted molar refractivity (Wildman–Crippen MR) is 109 cm³/mol. The number of hydrogen-bond donors (Lipinski definition) is 10. The van der Waals surface area contributed by atoms with Crippen LogP contribution in [0.15, 0.2) is 0 Å². The van der Waals surface area contributed by atoms with E-state index in [4.69, 9.17) is 37.6 Å². The van der Waals surface area contributed by atoms with Crippen LogP contribution in [0, 0.1) is 0 Å². The van der Waals surface area contributed by atoms with E-state index >= 15 is 0 Å².